The summed E-state index contributed by atoms with van der Waals surface area (Å²) >= 11 is 0. The average molecular weight is 390 g/mol. The van der Waals surface area contributed by atoms with Gasteiger partial charge >= 0.3 is 11.6 Å². The van der Waals surface area contributed by atoms with Gasteiger partial charge in [-0.25, -0.2) is 9.37 Å². The molecule has 0 amide bonds. The number of nitrogens with zero attached hydrogens (tertiary/aromatic N) is 4. The van der Waals surface area contributed by atoms with Gasteiger partial charge in [-0.3, -0.25) is 14.9 Å². The molecule has 1 aliphatic heterocycles. The molecule has 1 aliphatic rings. The highest BCUT2D eigenvalue weighted by Crippen LogP contribution is 2.38. The van der Waals surface area contributed by atoms with Crippen molar-refractivity contribution in [3.8, 4) is 11.6 Å². The van der Waals surface area contributed by atoms with Gasteiger partial charge in [-0.05, 0) is 32.9 Å². The topological polar surface area (TPSA) is 108 Å². The van der Waals surface area contributed by atoms with Crippen molar-refractivity contribution in [1.82, 2.24) is 9.97 Å². The zero-order chi connectivity index (χ0) is 20.4. The van der Waals surface area contributed by atoms with E-state index in [4.69, 9.17) is 9.47 Å². The second-order valence-electron chi connectivity index (χ2n) is 6.57. The maximum absolute atomic E-state index is 13.6. The van der Waals surface area contributed by atoms with E-state index in [1.165, 1.54) is 13.0 Å². The number of carbonyl (C=O) groups excluding carboxylic acids is 1. The molecule has 1 fully saturated rings. The number of carbonyl (C=O) groups is 1. The van der Waals surface area contributed by atoms with Crippen LogP contribution in [-0.4, -0.2) is 46.0 Å². The molecule has 0 bridgehead atoms. The van der Waals surface area contributed by atoms with Crippen molar-refractivity contribution in [1.29, 1.82) is 0 Å². The summed E-state index contributed by atoms with van der Waals surface area (Å²) in [6.45, 7) is 5.81. The standard InChI is InChI=1S/C18H19FN4O5/c1-10-7-22(8-11(2)27-10)17-16(23(25)26)18(21-9-20-17)28-15-6-13(19)4-5-14(15)12(3)24/h4-6,9-11H,7-8H2,1-3H3. The van der Waals surface area contributed by atoms with Gasteiger partial charge in [0.15, 0.2) is 5.78 Å². The number of hydrogen-bond donors (Lipinski definition) is 0. The molecule has 9 nitrogen and oxygen atoms in total. The van der Waals surface area contributed by atoms with Crippen LogP contribution in [0.1, 0.15) is 31.1 Å². The Morgan fingerprint density at radius 3 is 2.61 bits per heavy atom. The van der Waals surface area contributed by atoms with Crippen LogP contribution in [0.15, 0.2) is 24.5 Å². The summed E-state index contributed by atoms with van der Waals surface area (Å²) in [6, 6.07) is 3.35. The number of benzene rings is 1. The molecule has 2 atom stereocenters. The third kappa shape index (κ3) is 4.06. The first-order chi connectivity index (χ1) is 13.3. The minimum Gasteiger partial charge on any atom is -0.433 e. The fraction of sp³-hybridized carbons (Fsp3) is 0.389. The largest absolute Gasteiger partial charge is 0.433 e. The molecule has 0 N–H and O–H groups in total. The predicted molar refractivity (Wildman–Crippen MR) is 97.4 cm³/mol. The first-order valence-electron chi connectivity index (χ1n) is 8.64. The second kappa shape index (κ2) is 7.85. The van der Waals surface area contributed by atoms with E-state index in [9.17, 15) is 19.3 Å². The molecule has 1 saturated heterocycles. The van der Waals surface area contributed by atoms with Crippen LogP contribution in [0.3, 0.4) is 0 Å². The van der Waals surface area contributed by atoms with Crippen LogP contribution in [0.5, 0.6) is 11.6 Å². The number of Topliss-reactive ketones (excluding diaryl/α,β-unsaturated/α-hetero) is 1. The molecule has 2 aromatic rings. The predicted octanol–water partition coefficient (Wildman–Crippen LogP) is 3.13. The SMILES string of the molecule is CC(=O)c1ccc(F)cc1Oc1ncnc(N2CC(C)OC(C)C2)c1[N+](=O)[O-]. The van der Waals surface area contributed by atoms with Crippen molar-refractivity contribution < 1.29 is 23.6 Å². The smallest absolute Gasteiger partial charge is 0.373 e. The molecule has 0 aliphatic carbocycles. The Hall–Kier alpha value is -3.14. The van der Waals surface area contributed by atoms with Gasteiger partial charge in [-0.1, -0.05) is 0 Å². The lowest BCUT2D eigenvalue weighted by Crippen LogP contribution is -2.46. The third-order valence-corrected chi connectivity index (χ3v) is 4.20. The van der Waals surface area contributed by atoms with E-state index in [2.05, 4.69) is 9.97 Å². The molecular weight excluding hydrogens is 371 g/mol. The summed E-state index contributed by atoms with van der Waals surface area (Å²) in [5, 5.41) is 11.8. The fourth-order valence-corrected chi connectivity index (χ4v) is 3.15. The molecule has 3 rings (SSSR count). The van der Waals surface area contributed by atoms with E-state index in [-0.39, 0.29) is 41.0 Å². The van der Waals surface area contributed by atoms with Crippen LogP contribution >= 0.6 is 0 Å². The summed E-state index contributed by atoms with van der Waals surface area (Å²) in [4.78, 5) is 32.5. The molecule has 0 spiro atoms. The van der Waals surface area contributed by atoms with Gasteiger partial charge in [0.2, 0.25) is 5.82 Å². The van der Waals surface area contributed by atoms with Gasteiger partial charge in [0.05, 0.1) is 22.7 Å². The molecule has 1 aromatic carbocycles. The minimum atomic E-state index is -0.651. The van der Waals surface area contributed by atoms with Gasteiger partial charge in [-0.15, -0.1) is 0 Å². The number of hydrogen-bond acceptors (Lipinski definition) is 8. The highest BCUT2D eigenvalue weighted by molar-refractivity contribution is 5.96. The quantitative estimate of drug-likeness (QED) is 0.435. The second-order valence-corrected chi connectivity index (χ2v) is 6.57. The van der Waals surface area contributed by atoms with Crippen LogP contribution in [0.4, 0.5) is 15.9 Å². The Morgan fingerprint density at radius 1 is 1.32 bits per heavy atom. The van der Waals surface area contributed by atoms with Crippen molar-refractivity contribution in [2.45, 2.75) is 33.0 Å². The van der Waals surface area contributed by atoms with E-state index < -0.39 is 16.4 Å². The minimum absolute atomic E-state index is 0.0813. The Labute approximate surface area is 160 Å². The maximum Gasteiger partial charge on any atom is 0.373 e. The summed E-state index contributed by atoms with van der Waals surface area (Å²) < 4.78 is 24.8. The van der Waals surface area contributed by atoms with Crippen molar-refractivity contribution in [3.05, 3.63) is 46.0 Å². The highest BCUT2D eigenvalue weighted by atomic mass is 19.1. The Balaban J connectivity index is 2.05. The molecule has 2 heterocycles. The Morgan fingerprint density at radius 2 is 2.00 bits per heavy atom. The number of nitro groups is 1. The molecule has 2 unspecified atom stereocenters. The molecule has 148 valence electrons. The number of anilines is 1. The molecule has 0 saturated carbocycles. The summed E-state index contributed by atoms with van der Waals surface area (Å²) in [7, 11) is 0. The first kappa shape index (κ1) is 19.6. The van der Waals surface area contributed by atoms with Crippen molar-refractivity contribution in [2.24, 2.45) is 0 Å². The van der Waals surface area contributed by atoms with Crippen LogP contribution < -0.4 is 9.64 Å². The zero-order valence-corrected chi connectivity index (χ0v) is 15.6. The molecule has 0 radical (unpaired) electrons. The number of rotatable bonds is 5. The monoisotopic (exact) mass is 390 g/mol. The van der Waals surface area contributed by atoms with E-state index >= 15 is 0 Å². The van der Waals surface area contributed by atoms with Crippen molar-refractivity contribution in [2.75, 3.05) is 18.0 Å². The Bertz CT molecular complexity index is 913. The highest BCUT2D eigenvalue weighted by Gasteiger charge is 2.33. The van der Waals surface area contributed by atoms with Crippen LogP contribution in [0, 0.1) is 15.9 Å². The van der Waals surface area contributed by atoms with Gasteiger partial charge in [0, 0.05) is 19.2 Å². The van der Waals surface area contributed by atoms with Gasteiger partial charge in [-0.2, -0.15) is 4.98 Å². The first-order valence-corrected chi connectivity index (χ1v) is 8.64. The van der Waals surface area contributed by atoms with E-state index in [1.54, 1.807) is 4.90 Å². The van der Waals surface area contributed by atoms with Gasteiger partial charge in [0.25, 0.3) is 0 Å². The molecular formula is C18H19FN4O5. The maximum atomic E-state index is 13.6. The molecule has 1 aromatic heterocycles. The normalized spacial score (nSPS) is 19.4. The number of ketones is 1. The van der Waals surface area contributed by atoms with Crippen molar-refractivity contribution in [3.63, 3.8) is 0 Å². The van der Waals surface area contributed by atoms with Crippen LogP contribution in [-0.2, 0) is 4.74 Å². The van der Waals surface area contributed by atoms with Gasteiger partial charge in [0.1, 0.15) is 17.9 Å². The van der Waals surface area contributed by atoms with Crippen LogP contribution in [0.2, 0.25) is 0 Å². The van der Waals surface area contributed by atoms with E-state index in [0.29, 0.717) is 13.1 Å². The number of ether oxygens (including phenoxy) is 2. The van der Waals surface area contributed by atoms with E-state index in [1.807, 2.05) is 13.8 Å². The lowest BCUT2D eigenvalue weighted by Gasteiger charge is -2.35. The van der Waals surface area contributed by atoms with Crippen LogP contribution in [0.25, 0.3) is 0 Å². The lowest BCUT2D eigenvalue weighted by atomic mass is 10.1. The summed E-state index contributed by atoms with van der Waals surface area (Å²) in [6.07, 6.45) is 0.848. The number of aromatic nitrogens is 2. The van der Waals surface area contributed by atoms with Gasteiger partial charge < -0.3 is 14.4 Å². The molecule has 28 heavy (non-hydrogen) atoms. The number of morpholine rings is 1. The van der Waals surface area contributed by atoms with E-state index in [0.717, 1.165) is 18.5 Å². The Kier molecular flexibility index (Phi) is 5.50. The molecule has 10 heteroatoms. The third-order valence-electron chi connectivity index (χ3n) is 4.20. The fourth-order valence-electron chi connectivity index (χ4n) is 3.15. The number of halogens is 1. The van der Waals surface area contributed by atoms with Crippen molar-refractivity contribution >= 4 is 17.3 Å². The summed E-state index contributed by atoms with van der Waals surface area (Å²) in [5.41, 5.74) is -0.368. The lowest BCUT2D eigenvalue weighted by molar-refractivity contribution is -0.385. The average Bonchev–Trinajstić information content (AvgIpc) is 2.60. The summed E-state index contributed by atoms with van der Waals surface area (Å²) in [5.74, 6) is -1.45. The zero-order valence-electron chi connectivity index (χ0n) is 15.6.